The fourth-order valence-electron chi connectivity index (χ4n) is 2.11. The predicted octanol–water partition coefficient (Wildman–Crippen LogP) is 4.26. The van der Waals surface area contributed by atoms with Crippen molar-refractivity contribution >= 4 is 27.5 Å². The largest absolute Gasteiger partial charge is 0.469 e. The van der Waals surface area contributed by atoms with Crippen LogP contribution in [0.5, 0.6) is 5.88 Å². The van der Waals surface area contributed by atoms with Crippen molar-refractivity contribution in [3.63, 3.8) is 0 Å². The lowest BCUT2D eigenvalue weighted by atomic mass is 10.1. The molecule has 108 valence electrons. The summed E-state index contributed by atoms with van der Waals surface area (Å²) in [6.45, 7) is 4.84. The molecule has 21 heavy (non-hydrogen) atoms. The van der Waals surface area contributed by atoms with Gasteiger partial charge in [-0.05, 0) is 30.9 Å². The second kappa shape index (κ2) is 6.10. The number of aromatic nitrogens is 2. The van der Waals surface area contributed by atoms with Crippen LogP contribution >= 0.6 is 11.3 Å². The lowest BCUT2D eigenvalue weighted by Gasteiger charge is -2.15. The number of anilines is 1. The summed E-state index contributed by atoms with van der Waals surface area (Å²) in [5.74, 6) is 1.25. The number of ether oxygens (including phenoxy) is 1. The van der Waals surface area contributed by atoms with E-state index in [4.69, 9.17) is 4.74 Å². The fraction of sp³-hybridized carbons (Fsp3) is 0.250. The smallest absolute Gasteiger partial charge is 0.227 e. The van der Waals surface area contributed by atoms with Crippen molar-refractivity contribution in [3.8, 4) is 5.88 Å². The molecule has 5 heteroatoms. The zero-order chi connectivity index (χ0) is 14.7. The molecule has 0 radical (unpaired) electrons. The second-order valence-corrected chi connectivity index (χ2v) is 5.59. The van der Waals surface area contributed by atoms with E-state index in [2.05, 4.69) is 27.4 Å². The average molecular weight is 299 g/mol. The maximum Gasteiger partial charge on any atom is 0.227 e. The van der Waals surface area contributed by atoms with Crippen LogP contribution in [0.25, 0.3) is 10.2 Å². The van der Waals surface area contributed by atoms with Crippen molar-refractivity contribution in [1.82, 2.24) is 9.97 Å². The first kappa shape index (κ1) is 13.8. The standard InChI is InChI=1S/C16H17N3OS/c1-3-17-16-18-14(13-9-10-21-15(13)19-16)20-11(2)12-7-5-4-6-8-12/h4-11H,3H2,1-2H3,(H,17,18,19). The first-order chi connectivity index (χ1) is 10.3. The number of benzene rings is 1. The quantitative estimate of drug-likeness (QED) is 0.764. The number of rotatable bonds is 5. The number of hydrogen-bond acceptors (Lipinski definition) is 5. The zero-order valence-corrected chi connectivity index (χ0v) is 12.9. The molecule has 0 bridgehead atoms. The van der Waals surface area contributed by atoms with Crippen LogP contribution in [0.15, 0.2) is 41.8 Å². The third-order valence-corrected chi connectivity index (χ3v) is 3.99. The van der Waals surface area contributed by atoms with Gasteiger partial charge in [0.1, 0.15) is 10.9 Å². The molecular weight excluding hydrogens is 282 g/mol. The molecule has 4 nitrogen and oxygen atoms in total. The molecule has 0 saturated carbocycles. The summed E-state index contributed by atoms with van der Waals surface area (Å²) in [5.41, 5.74) is 1.13. The average Bonchev–Trinajstić information content (AvgIpc) is 2.97. The summed E-state index contributed by atoms with van der Waals surface area (Å²) < 4.78 is 6.07. The molecule has 0 spiro atoms. The van der Waals surface area contributed by atoms with Crippen molar-refractivity contribution < 1.29 is 4.74 Å². The Balaban J connectivity index is 1.93. The Hall–Kier alpha value is -2.14. The first-order valence-electron chi connectivity index (χ1n) is 6.98. The number of fused-ring (bicyclic) bond motifs is 1. The van der Waals surface area contributed by atoms with Gasteiger partial charge in [-0.2, -0.15) is 4.98 Å². The van der Waals surface area contributed by atoms with Gasteiger partial charge in [0.15, 0.2) is 0 Å². The zero-order valence-electron chi connectivity index (χ0n) is 12.0. The highest BCUT2D eigenvalue weighted by Gasteiger charge is 2.14. The molecule has 0 amide bonds. The Bertz CT molecular complexity index is 727. The van der Waals surface area contributed by atoms with Crippen LogP contribution in [-0.4, -0.2) is 16.5 Å². The van der Waals surface area contributed by atoms with Crippen molar-refractivity contribution in [2.75, 3.05) is 11.9 Å². The van der Waals surface area contributed by atoms with E-state index in [0.717, 1.165) is 22.3 Å². The van der Waals surface area contributed by atoms with E-state index in [1.54, 1.807) is 11.3 Å². The number of thiophene rings is 1. The van der Waals surface area contributed by atoms with E-state index in [1.165, 1.54) is 0 Å². The van der Waals surface area contributed by atoms with Gasteiger partial charge in [-0.15, -0.1) is 11.3 Å². The van der Waals surface area contributed by atoms with Gasteiger partial charge >= 0.3 is 0 Å². The molecular formula is C16H17N3OS. The van der Waals surface area contributed by atoms with E-state index in [1.807, 2.05) is 43.5 Å². The third kappa shape index (κ3) is 2.97. The molecule has 0 fully saturated rings. The molecule has 1 N–H and O–H groups in total. The summed E-state index contributed by atoms with van der Waals surface area (Å²) in [4.78, 5) is 9.91. The predicted molar refractivity (Wildman–Crippen MR) is 87.1 cm³/mol. The normalized spacial score (nSPS) is 12.3. The van der Waals surface area contributed by atoms with E-state index >= 15 is 0 Å². The molecule has 0 saturated heterocycles. The Labute approximate surface area is 127 Å². The molecule has 0 aliphatic carbocycles. The monoisotopic (exact) mass is 299 g/mol. The van der Waals surface area contributed by atoms with Crippen molar-refractivity contribution in [1.29, 1.82) is 0 Å². The van der Waals surface area contributed by atoms with Gasteiger partial charge in [0.05, 0.1) is 5.39 Å². The summed E-state index contributed by atoms with van der Waals surface area (Å²) in [6.07, 6.45) is -0.0568. The van der Waals surface area contributed by atoms with Crippen molar-refractivity contribution in [2.24, 2.45) is 0 Å². The van der Waals surface area contributed by atoms with Gasteiger partial charge in [-0.3, -0.25) is 0 Å². The van der Waals surface area contributed by atoms with Gasteiger partial charge in [0.25, 0.3) is 0 Å². The second-order valence-electron chi connectivity index (χ2n) is 4.69. The number of nitrogens with zero attached hydrogens (tertiary/aromatic N) is 2. The topological polar surface area (TPSA) is 47.0 Å². The highest BCUT2D eigenvalue weighted by Crippen LogP contribution is 2.31. The van der Waals surface area contributed by atoms with Crippen LogP contribution in [0.1, 0.15) is 25.5 Å². The van der Waals surface area contributed by atoms with Crippen molar-refractivity contribution in [2.45, 2.75) is 20.0 Å². The lowest BCUT2D eigenvalue weighted by molar-refractivity contribution is 0.221. The maximum absolute atomic E-state index is 6.07. The van der Waals surface area contributed by atoms with E-state index in [0.29, 0.717) is 11.8 Å². The van der Waals surface area contributed by atoms with Crippen LogP contribution in [0.4, 0.5) is 5.95 Å². The van der Waals surface area contributed by atoms with Crippen LogP contribution in [0.2, 0.25) is 0 Å². The maximum atomic E-state index is 6.07. The van der Waals surface area contributed by atoms with E-state index < -0.39 is 0 Å². The minimum Gasteiger partial charge on any atom is -0.469 e. The van der Waals surface area contributed by atoms with Gasteiger partial charge in [-0.1, -0.05) is 30.3 Å². The Kier molecular flexibility index (Phi) is 4.01. The fourth-order valence-corrected chi connectivity index (χ4v) is 2.87. The van der Waals surface area contributed by atoms with Gasteiger partial charge in [0, 0.05) is 6.54 Å². The molecule has 0 aliphatic heterocycles. The number of nitrogens with one attached hydrogen (secondary N) is 1. The van der Waals surface area contributed by atoms with Gasteiger partial charge in [0.2, 0.25) is 11.8 Å². The van der Waals surface area contributed by atoms with Gasteiger partial charge < -0.3 is 10.1 Å². The van der Waals surface area contributed by atoms with Gasteiger partial charge in [-0.25, -0.2) is 4.98 Å². The molecule has 1 atom stereocenters. The van der Waals surface area contributed by atoms with Crippen LogP contribution in [-0.2, 0) is 0 Å². The number of hydrogen-bond donors (Lipinski definition) is 1. The van der Waals surface area contributed by atoms with Crippen LogP contribution in [0.3, 0.4) is 0 Å². The Morgan fingerprint density at radius 2 is 2.00 bits per heavy atom. The highest BCUT2D eigenvalue weighted by atomic mass is 32.1. The molecule has 1 unspecified atom stereocenters. The SMILES string of the molecule is CCNc1nc(OC(C)c2ccccc2)c2ccsc2n1. The third-order valence-electron chi connectivity index (χ3n) is 3.18. The van der Waals surface area contributed by atoms with E-state index in [-0.39, 0.29) is 6.10 Å². The van der Waals surface area contributed by atoms with E-state index in [9.17, 15) is 0 Å². The van der Waals surface area contributed by atoms with Crippen LogP contribution < -0.4 is 10.1 Å². The van der Waals surface area contributed by atoms with Crippen molar-refractivity contribution in [3.05, 3.63) is 47.3 Å². The molecule has 1 aromatic carbocycles. The Morgan fingerprint density at radius 1 is 1.19 bits per heavy atom. The highest BCUT2D eigenvalue weighted by molar-refractivity contribution is 7.16. The molecule has 0 aliphatic rings. The molecule has 2 aromatic heterocycles. The van der Waals surface area contributed by atoms with Crippen LogP contribution in [0, 0.1) is 0 Å². The lowest BCUT2D eigenvalue weighted by Crippen LogP contribution is -2.07. The minimum absolute atomic E-state index is 0.0568. The molecule has 2 heterocycles. The summed E-state index contributed by atoms with van der Waals surface area (Å²) in [7, 11) is 0. The molecule has 3 rings (SSSR count). The summed E-state index contributed by atoms with van der Waals surface area (Å²) >= 11 is 1.59. The summed E-state index contributed by atoms with van der Waals surface area (Å²) in [6, 6.07) is 12.1. The first-order valence-corrected chi connectivity index (χ1v) is 7.86. The Morgan fingerprint density at radius 3 is 2.76 bits per heavy atom. The minimum atomic E-state index is -0.0568. The molecule has 3 aromatic rings. The summed E-state index contributed by atoms with van der Waals surface area (Å²) in [5, 5.41) is 6.12.